The molecule has 0 N–H and O–H groups in total. The van der Waals surface area contributed by atoms with Gasteiger partial charge in [-0.2, -0.15) is 15.0 Å². The second kappa shape index (κ2) is 8.05. The Kier molecular flexibility index (Phi) is 5.15. The number of rotatable bonds is 6. The molecule has 1 aromatic heterocycles. The van der Waals surface area contributed by atoms with Gasteiger partial charge in [0, 0.05) is 13.1 Å². The van der Waals surface area contributed by atoms with Crippen molar-refractivity contribution in [1.82, 2.24) is 19.9 Å². The third kappa shape index (κ3) is 3.51. The molecular formula is C23H22N4O. The largest absolute Gasteiger partial charge is 0.339 e. The second-order valence-electron chi connectivity index (χ2n) is 6.61. The first-order valence-electron chi connectivity index (χ1n) is 9.49. The lowest BCUT2D eigenvalue weighted by molar-refractivity contribution is 0.0766. The van der Waals surface area contributed by atoms with Gasteiger partial charge in [-0.15, -0.1) is 0 Å². The molecule has 0 bridgehead atoms. The Bertz CT molecular complexity index is 1080. The quantitative estimate of drug-likeness (QED) is 0.513. The standard InChI is InChI=1S/C23H22N4O/c1-2-26(17-14-19-10-7-9-18-8-3-4-11-20(18)19)23(28)21-12-5-6-13-22(21)27-24-15-16-25-27/h3-13,15-16H,2,14,17H2,1H3. The number of carbonyl (C=O) groups excluding carboxylic acids is 1. The maximum Gasteiger partial charge on any atom is 0.256 e. The minimum atomic E-state index is -0.00404. The van der Waals surface area contributed by atoms with E-state index in [2.05, 4.69) is 46.6 Å². The van der Waals surface area contributed by atoms with Crippen LogP contribution in [0.4, 0.5) is 0 Å². The maximum atomic E-state index is 13.2. The fraction of sp³-hybridized carbons (Fsp3) is 0.174. The van der Waals surface area contributed by atoms with Crippen LogP contribution in [0.3, 0.4) is 0 Å². The number of carbonyl (C=O) groups is 1. The van der Waals surface area contributed by atoms with Crippen molar-refractivity contribution in [1.29, 1.82) is 0 Å². The van der Waals surface area contributed by atoms with E-state index in [0.717, 1.165) is 6.42 Å². The lowest BCUT2D eigenvalue weighted by Gasteiger charge is -2.22. The van der Waals surface area contributed by atoms with Gasteiger partial charge >= 0.3 is 0 Å². The molecule has 0 aliphatic heterocycles. The Hall–Kier alpha value is -3.47. The zero-order valence-electron chi connectivity index (χ0n) is 15.8. The molecule has 4 aromatic rings. The molecule has 5 nitrogen and oxygen atoms in total. The molecule has 5 heteroatoms. The summed E-state index contributed by atoms with van der Waals surface area (Å²) in [5.74, 6) is -0.00404. The molecule has 0 saturated heterocycles. The third-order valence-electron chi connectivity index (χ3n) is 4.97. The summed E-state index contributed by atoms with van der Waals surface area (Å²) in [6.07, 6.45) is 4.03. The zero-order valence-corrected chi connectivity index (χ0v) is 15.8. The van der Waals surface area contributed by atoms with Crippen LogP contribution in [0.2, 0.25) is 0 Å². The Morgan fingerprint density at radius 1 is 0.929 bits per heavy atom. The molecule has 0 spiro atoms. The summed E-state index contributed by atoms with van der Waals surface area (Å²) in [4.78, 5) is 16.6. The lowest BCUT2D eigenvalue weighted by atomic mass is 10.0. The third-order valence-corrected chi connectivity index (χ3v) is 4.97. The predicted octanol–water partition coefficient (Wildman–Crippen LogP) is 4.13. The molecule has 0 aliphatic carbocycles. The molecule has 0 fully saturated rings. The molecule has 0 unspecified atom stereocenters. The second-order valence-corrected chi connectivity index (χ2v) is 6.61. The number of amides is 1. The van der Waals surface area contributed by atoms with Crippen molar-refractivity contribution >= 4 is 16.7 Å². The number of aromatic nitrogens is 3. The average molecular weight is 370 g/mol. The summed E-state index contributed by atoms with van der Waals surface area (Å²) in [5, 5.41) is 10.8. The van der Waals surface area contributed by atoms with Crippen molar-refractivity contribution in [2.45, 2.75) is 13.3 Å². The van der Waals surface area contributed by atoms with Crippen LogP contribution in [0.25, 0.3) is 16.5 Å². The Morgan fingerprint density at radius 2 is 1.64 bits per heavy atom. The van der Waals surface area contributed by atoms with E-state index in [9.17, 15) is 4.79 Å². The van der Waals surface area contributed by atoms with Gasteiger partial charge in [0.1, 0.15) is 0 Å². The van der Waals surface area contributed by atoms with Crippen molar-refractivity contribution in [2.75, 3.05) is 13.1 Å². The van der Waals surface area contributed by atoms with Crippen LogP contribution < -0.4 is 0 Å². The summed E-state index contributed by atoms with van der Waals surface area (Å²) >= 11 is 0. The van der Waals surface area contributed by atoms with E-state index < -0.39 is 0 Å². The first-order chi connectivity index (χ1) is 13.8. The SMILES string of the molecule is CCN(CCc1cccc2ccccc12)C(=O)c1ccccc1-n1nccn1. The summed E-state index contributed by atoms with van der Waals surface area (Å²) in [5.41, 5.74) is 2.56. The van der Waals surface area contributed by atoms with E-state index in [1.54, 1.807) is 12.4 Å². The Morgan fingerprint density at radius 3 is 2.46 bits per heavy atom. The van der Waals surface area contributed by atoms with Crippen molar-refractivity contribution in [2.24, 2.45) is 0 Å². The lowest BCUT2D eigenvalue weighted by Crippen LogP contribution is -2.33. The summed E-state index contributed by atoms with van der Waals surface area (Å²) in [6.45, 7) is 3.31. The summed E-state index contributed by atoms with van der Waals surface area (Å²) in [6, 6.07) is 22.2. The average Bonchev–Trinajstić information content (AvgIpc) is 3.29. The number of benzene rings is 3. The normalized spacial score (nSPS) is 10.9. The van der Waals surface area contributed by atoms with Crippen LogP contribution in [0.1, 0.15) is 22.8 Å². The molecular weight excluding hydrogens is 348 g/mol. The van der Waals surface area contributed by atoms with E-state index in [1.807, 2.05) is 42.2 Å². The number of para-hydroxylation sites is 1. The van der Waals surface area contributed by atoms with Gasteiger partial charge in [0.15, 0.2) is 0 Å². The first kappa shape index (κ1) is 17.9. The van der Waals surface area contributed by atoms with Crippen LogP contribution in [-0.4, -0.2) is 38.9 Å². The van der Waals surface area contributed by atoms with Crippen LogP contribution >= 0.6 is 0 Å². The van der Waals surface area contributed by atoms with Gasteiger partial charge in [-0.3, -0.25) is 4.79 Å². The number of likely N-dealkylation sites (N-methyl/N-ethyl adjacent to an activating group) is 1. The molecule has 4 rings (SSSR count). The van der Waals surface area contributed by atoms with Crippen LogP contribution in [-0.2, 0) is 6.42 Å². The van der Waals surface area contributed by atoms with Crippen molar-refractivity contribution in [3.05, 3.63) is 90.3 Å². The predicted molar refractivity (Wildman–Crippen MR) is 111 cm³/mol. The van der Waals surface area contributed by atoms with E-state index in [0.29, 0.717) is 24.3 Å². The van der Waals surface area contributed by atoms with Crippen molar-refractivity contribution < 1.29 is 4.79 Å². The minimum absolute atomic E-state index is 0.00404. The zero-order chi connectivity index (χ0) is 19.3. The molecule has 28 heavy (non-hydrogen) atoms. The van der Waals surface area contributed by atoms with E-state index >= 15 is 0 Å². The van der Waals surface area contributed by atoms with E-state index in [4.69, 9.17) is 0 Å². The highest BCUT2D eigenvalue weighted by Gasteiger charge is 2.19. The molecule has 0 saturated carbocycles. The van der Waals surface area contributed by atoms with Gasteiger partial charge in [-0.05, 0) is 41.8 Å². The minimum Gasteiger partial charge on any atom is -0.339 e. The molecule has 0 radical (unpaired) electrons. The number of hydrogen-bond acceptors (Lipinski definition) is 3. The van der Waals surface area contributed by atoms with Gasteiger partial charge < -0.3 is 4.90 Å². The number of hydrogen-bond donors (Lipinski definition) is 0. The van der Waals surface area contributed by atoms with Gasteiger partial charge in [-0.1, -0.05) is 54.6 Å². The first-order valence-corrected chi connectivity index (χ1v) is 9.49. The monoisotopic (exact) mass is 370 g/mol. The Labute approximate surface area is 164 Å². The van der Waals surface area contributed by atoms with Crippen molar-refractivity contribution in [3.8, 4) is 5.69 Å². The fourth-order valence-corrected chi connectivity index (χ4v) is 3.51. The highest BCUT2D eigenvalue weighted by molar-refractivity contribution is 5.97. The highest BCUT2D eigenvalue weighted by atomic mass is 16.2. The molecule has 3 aromatic carbocycles. The van der Waals surface area contributed by atoms with Gasteiger partial charge in [0.2, 0.25) is 0 Å². The number of fused-ring (bicyclic) bond motifs is 1. The van der Waals surface area contributed by atoms with Gasteiger partial charge in [-0.25, -0.2) is 0 Å². The molecule has 1 heterocycles. The van der Waals surface area contributed by atoms with Gasteiger partial charge in [0.05, 0.1) is 23.6 Å². The van der Waals surface area contributed by atoms with Crippen LogP contribution in [0.5, 0.6) is 0 Å². The topological polar surface area (TPSA) is 51.0 Å². The maximum absolute atomic E-state index is 13.2. The molecule has 140 valence electrons. The smallest absolute Gasteiger partial charge is 0.256 e. The number of nitrogens with zero attached hydrogens (tertiary/aromatic N) is 4. The van der Waals surface area contributed by atoms with Crippen LogP contribution in [0, 0.1) is 0 Å². The molecule has 0 aliphatic rings. The van der Waals surface area contributed by atoms with Crippen LogP contribution in [0.15, 0.2) is 79.1 Å². The summed E-state index contributed by atoms with van der Waals surface area (Å²) < 4.78 is 0. The Balaban J connectivity index is 1.57. The molecule has 1 amide bonds. The summed E-state index contributed by atoms with van der Waals surface area (Å²) in [7, 11) is 0. The van der Waals surface area contributed by atoms with E-state index in [-0.39, 0.29) is 5.91 Å². The fourth-order valence-electron chi connectivity index (χ4n) is 3.51. The molecule has 0 atom stereocenters. The van der Waals surface area contributed by atoms with Gasteiger partial charge in [0.25, 0.3) is 5.91 Å². The highest BCUT2D eigenvalue weighted by Crippen LogP contribution is 2.20. The van der Waals surface area contributed by atoms with E-state index in [1.165, 1.54) is 21.1 Å². The van der Waals surface area contributed by atoms with Crippen molar-refractivity contribution in [3.63, 3.8) is 0 Å².